The molecule has 2 aromatic carbocycles. The molecule has 8 heteroatoms. The number of aryl methyl sites for hydroxylation is 1. The van der Waals surface area contributed by atoms with Gasteiger partial charge in [-0.1, -0.05) is 12.1 Å². The number of esters is 1. The maximum Gasteiger partial charge on any atom is 0.331 e. The van der Waals surface area contributed by atoms with E-state index in [1.54, 1.807) is 31.4 Å². The number of carbonyl (C=O) groups excluding carboxylic acids is 1. The van der Waals surface area contributed by atoms with Crippen LogP contribution in [0.4, 0.5) is 0 Å². The van der Waals surface area contributed by atoms with Crippen molar-refractivity contribution >= 4 is 11.5 Å². The number of cyclic esters (lactones) is 1. The van der Waals surface area contributed by atoms with E-state index in [0.717, 1.165) is 11.1 Å². The summed E-state index contributed by atoms with van der Waals surface area (Å²) < 4.78 is 32.6. The number of carbonyl (C=O) groups is 1. The van der Waals surface area contributed by atoms with Gasteiger partial charge in [-0.05, 0) is 36.1 Å². The minimum absolute atomic E-state index is 0.0197. The first kappa shape index (κ1) is 23.4. The van der Waals surface area contributed by atoms with Gasteiger partial charge in [0, 0.05) is 38.8 Å². The average molecular weight is 444 g/mol. The zero-order chi connectivity index (χ0) is 22.9. The Kier molecular flexibility index (Phi) is 8.35. The van der Waals surface area contributed by atoms with Gasteiger partial charge in [-0.2, -0.15) is 0 Å². The molecule has 172 valence electrons. The van der Waals surface area contributed by atoms with Crippen LogP contribution in [0.15, 0.2) is 42.5 Å². The lowest BCUT2D eigenvalue weighted by atomic mass is 9.93. The van der Waals surface area contributed by atoms with Crippen LogP contribution in [0, 0.1) is 0 Å². The van der Waals surface area contributed by atoms with Crippen LogP contribution in [0.2, 0.25) is 0 Å². The van der Waals surface area contributed by atoms with Gasteiger partial charge in [0.1, 0.15) is 29.1 Å². The van der Waals surface area contributed by atoms with Crippen LogP contribution in [0.5, 0.6) is 23.0 Å². The van der Waals surface area contributed by atoms with Crippen LogP contribution in [0.1, 0.15) is 24.0 Å². The van der Waals surface area contributed by atoms with Crippen LogP contribution in [-0.2, 0) is 25.4 Å². The fourth-order valence-corrected chi connectivity index (χ4v) is 3.48. The normalized spacial score (nSPS) is 15.7. The van der Waals surface area contributed by atoms with Crippen molar-refractivity contribution in [2.24, 2.45) is 0 Å². The molecule has 8 nitrogen and oxygen atoms in total. The van der Waals surface area contributed by atoms with E-state index in [1.165, 1.54) is 20.3 Å². The Morgan fingerprint density at radius 3 is 2.19 bits per heavy atom. The Labute approximate surface area is 187 Å². The van der Waals surface area contributed by atoms with Gasteiger partial charge in [-0.15, -0.1) is 0 Å². The lowest BCUT2D eigenvalue weighted by Crippen LogP contribution is -2.23. The summed E-state index contributed by atoms with van der Waals surface area (Å²) >= 11 is 0. The molecule has 1 heterocycles. The molecule has 1 aliphatic rings. The predicted octanol–water partition coefficient (Wildman–Crippen LogP) is 3.70. The fourth-order valence-electron chi connectivity index (χ4n) is 3.48. The lowest BCUT2D eigenvalue weighted by Gasteiger charge is -2.26. The molecule has 0 saturated heterocycles. The summed E-state index contributed by atoms with van der Waals surface area (Å²) in [7, 11) is 4.60. The molecule has 1 aliphatic heterocycles. The predicted molar refractivity (Wildman–Crippen MR) is 117 cm³/mol. The SMILES string of the molecule is COCOc1cc(OC)cc(OCOC)c1C1=CC(=O)O[C@@H](CCc2ccc(O)cc2)C1. The van der Waals surface area contributed by atoms with E-state index in [9.17, 15) is 9.90 Å². The van der Waals surface area contributed by atoms with Crippen molar-refractivity contribution in [2.45, 2.75) is 25.4 Å². The Balaban J connectivity index is 1.87. The highest BCUT2D eigenvalue weighted by Gasteiger charge is 2.27. The van der Waals surface area contributed by atoms with E-state index in [0.29, 0.717) is 42.1 Å². The topological polar surface area (TPSA) is 92.7 Å². The van der Waals surface area contributed by atoms with Gasteiger partial charge in [-0.3, -0.25) is 0 Å². The van der Waals surface area contributed by atoms with Crippen LogP contribution in [0.25, 0.3) is 5.57 Å². The van der Waals surface area contributed by atoms with Crippen molar-refractivity contribution in [3.63, 3.8) is 0 Å². The molecule has 0 spiro atoms. The monoisotopic (exact) mass is 444 g/mol. The standard InChI is InChI=1S/C24H28O8/c1-27-14-30-21-12-20(29-3)13-22(31-15-28-2)24(21)17-10-19(32-23(26)11-17)9-6-16-4-7-18(25)8-5-16/h4-5,7-8,11-13,19,25H,6,9-10,14-15H2,1-3H3/t19-/m0/s1. The summed E-state index contributed by atoms with van der Waals surface area (Å²) in [6.07, 6.45) is 2.96. The molecule has 0 amide bonds. The Hall–Kier alpha value is -3.23. The molecular formula is C24H28O8. The summed E-state index contributed by atoms with van der Waals surface area (Å²) in [5.41, 5.74) is 2.41. The number of phenolic OH excluding ortho intramolecular Hbond substituents is 1. The number of aromatic hydroxyl groups is 1. The molecule has 0 radical (unpaired) electrons. The van der Waals surface area contributed by atoms with E-state index < -0.39 is 5.97 Å². The van der Waals surface area contributed by atoms with Crippen molar-refractivity contribution in [2.75, 3.05) is 34.9 Å². The second-order valence-electron chi connectivity index (χ2n) is 7.24. The van der Waals surface area contributed by atoms with Gasteiger partial charge >= 0.3 is 5.97 Å². The van der Waals surface area contributed by atoms with E-state index in [2.05, 4.69) is 0 Å². The number of benzene rings is 2. The molecule has 0 fully saturated rings. The summed E-state index contributed by atoms with van der Waals surface area (Å²) in [6.45, 7) is 0.0395. The minimum Gasteiger partial charge on any atom is -0.508 e. The maximum absolute atomic E-state index is 12.4. The first-order chi connectivity index (χ1) is 15.5. The van der Waals surface area contributed by atoms with Crippen molar-refractivity contribution in [3.8, 4) is 23.0 Å². The summed E-state index contributed by atoms with van der Waals surface area (Å²) in [4.78, 5) is 12.4. The van der Waals surface area contributed by atoms with Crippen molar-refractivity contribution < 1.29 is 38.3 Å². The summed E-state index contributed by atoms with van der Waals surface area (Å²) in [6, 6.07) is 10.4. The summed E-state index contributed by atoms with van der Waals surface area (Å²) in [5.74, 6) is 1.27. The molecule has 1 atom stereocenters. The molecule has 2 aromatic rings. The van der Waals surface area contributed by atoms with Crippen molar-refractivity contribution in [1.82, 2.24) is 0 Å². The average Bonchev–Trinajstić information content (AvgIpc) is 2.80. The maximum atomic E-state index is 12.4. The summed E-state index contributed by atoms with van der Waals surface area (Å²) in [5, 5.41) is 9.45. The fraction of sp³-hybridized carbons (Fsp3) is 0.375. The van der Waals surface area contributed by atoms with Crippen molar-refractivity contribution in [3.05, 3.63) is 53.6 Å². The lowest BCUT2D eigenvalue weighted by molar-refractivity contribution is -0.143. The largest absolute Gasteiger partial charge is 0.508 e. The molecule has 0 bridgehead atoms. The van der Waals surface area contributed by atoms with Gasteiger partial charge in [0.05, 0.1) is 12.7 Å². The van der Waals surface area contributed by atoms with Gasteiger partial charge in [0.2, 0.25) is 0 Å². The van der Waals surface area contributed by atoms with Gasteiger partial charge in [-0.25, -0.2) is 4.79 Å². The smallest absolute Gasteiger partial charge is 0.331 e. The molecule has 1 N–H and O–H groups in total. The van der Waals surface area contributed by atoms with Gasteiger partial charge < -0.3 is 33.5 Å². The van der Waals surface area contributed by atoms with Crippen molar-refractivity contribution in [1.29, 1.82) is 0 Å². The zero-order valence-corrected chi connectivity index (χ0v) is 18.5. The third-order valence-corrected chi connectivity index (χ3v) is 4.97. The van der Waals surface area contributed by atoms with Crippen LogP contribution >= 0.6 is 0 Å². The van der Waals surface area contributed by atoms with Crippen LogP contribution in [0.3, 0.4) is 0 Å². The second kappa shape index (κ2) is 11.4. The molecular weight excluding hydrogens is 416 g/mol. The minimum atomic E-state index is -0.423. The number of methoxy groups -OCH3 is 3. The Morgan fingerprint density at radius 1 is 1.00 bits per heavy atom. The highest BCUT2D eigenvalue weighted by molar-refractivity contribution is 5.95. The van der Waals surface area contributed by atoms with E-state index in [1.807, 2.05) is 12.1 Å². The van der Waals surface area contributed by atoms with Gasteiger partial charge in [0.25, 0.3) is 0 Å². The Bertz CT molecular complexity index is 907. The van der Waals surface area contributed by atoms with Crippen LogP contribution in [-0.4, -0.2) is 52.1 Å². The number of rotatable bonds is 11. The molecule has 3 rings (SSSR count). The highest BCUT2D eigenvalue weighted by atomic mass is 16.7. The third kappa shape index (κ3) is 6.15. The number of hydrogen-bond donors (Lipinski definition) is 1. The van der Waals surface area contributed by atoms with Gasteiger partial charge in [0.15, 0.2) is 13.6 Å². The molecule has 0 aliphatic carbocycles. The highest BCUT2D eigenvalue weighted by Crippen LogP contribution is 2.42. The molecule has 0 unspecified atom stereocenters. The van der Waals surface area contributed by atoms with E-state index >= 15 is 0 Å². The zero-order valence-electron chi connectivity index (χ0n) is 18.5. The Morgan fingerprint density at radius 2 is 1.62 bits per heavy atom. The van der Waals surface area contributed by atoms with E-state index in [4.69, 9.17) is 28.4 Å². The molecule has 0 saturated carbocycles. The number of ether oxygens (including phenoxy) is 6. The second-order valence-corrected chi connectivity index (χ2v) is 7.24. The first-order valence-corrected chi connectivity index (χ1v) is 10.2. The van der Waals surface area contributed by atoms with Crippen LogP contribution < -0.4 is 14.2 Å². The molecule has 0 aromatic heterocycles. The third-order valence-electron chi connectivity index (χ3n) is 4.97. The van der Waals surface area contributed by atoms with E-state index in [-0.39, 0.29) is 25.4 Å². The quantitative estimate of drug-likeness (QED) is 0.414. The number of hydrogen-bond acceptors (Lipinski definition) is 8. The molecule has 32 heavy (non-hydrogen) atoms. The first-order valence-electron chi connectivity index (χ1n) is 10.2. The number of phenols is 1.